The molecule has 100 heavy (non-hydrogen) atoms. The van der Waals surface area contributed by atoms with Crippen molar-refractivity contribution >= 4 is 8.60 Å². The van der Waals surface area contributed by atoms with E-state index in [4.69, 9.17) is 13.6 Å². The zero-order valence-corrected chi connectivity index (χ0v) is 69.2. The quantitative estimate of drug-likeness (QED) is 0.0416. The van der Waals surface area contributed by atoms with Gasteiger partial charge in [-0.15, -0.1) is 0 Å². The Morgan fingerprint density at radius 3 is 0.470 bits per heavy atom. The maximum atomic E-state index is 7.63. The van der Waals surface area contributed by atoms with Crippen LogP contribution in [-0.4, -0.2) is 0 Å². The molecule has 0 atom stereocenters. The Labute approximate surface area is 627 Å². The first kappa shape index (κ1) is 91.7. The van der Waals surface area contributed by atoms with E-state index in [2.05, 4.69) is 96.1 Å². The van der Waals surface area contributed by atoms with Gasteiger partial charge in [-0.05, 0) is 129 Å². The Hall–Kier alpha value is -2.51. The summed E-state index contributed by atoms with van der Waals surface area (Å²) in [4.78, 5) is 0. The average molecular weight is 1400 g/mol. The smallest absolute Gasteiger partial charge is 0.408 e. The Bertz CT molecular complexity index is 1940. The Kier molecular flexibility index (Phi) is 64.9. The van der Waals surface area contributed by atoms with E-state index in [-0.39, 0.29) is 0 Å². The molecule has 0 aliphatic rings. The number of hydrogen-bond donors (Lipinski definition) is 0. The van der Waals surface area contributed by atoms with Crippen LogP contribution in [0.3, 0.4) is 0 Å². The second-order valence-corrected chi connectivity index (χ2v) is 32.9. The minimum atomic E-state index is -1.87. The van der Waals surface area contributed by atoms with Crippen LogP contribution in [0.1, 0.15) is 499 Å². The summed E-state index contributed by atoms with van der Waals surface area (Å²) in [5.74, 6) is 3.02. The molecule has 0 spiro atoms. The Balaban J connectivity index is 2.05. The topological polar surface area (TPSA) is 27.7 Å². The van der Waals surface area contributed by atoms with Gasteiger partial charge in [0.25, 0.3) is 0 Å². The summed E-state index contributed by atoms with van der Waals surface area (Å²) in [6, 6.07) is 21.2. The summed E-state index contributed by atoms with van der Waals surface area (Å²) in [5.41, 5.74) is 8.74. The van der Waals surface area contributed by atoms with Gasteiger partial charge in [0.05, 0.1) is 0 Å². The summed E-state index contributed by atoms with van der Waals surface area (Å²) in [5, 5.41) is 0. The van der Waals surface area contributed by atoms with E-state index in [9.17, 15) is 0 Å². The van der Waals surface area contributed by atoms with E-state index < -0.39 is 8.60 Å². The molecule has 0 heterocycles. The van der Waals surface area contributed by atoms with Gasteiger partial charge in [0.1, 0.15) is 17.2 Å². The van der Waals surface area contributed by atoms with Gasteiger partial charge in [0.2, 0.25) is 0 Å². The zero-order valence-electron chi connectivity index (χ0n) is 68.3. The van der Waals surface area contributed by atoms with Crippen LogP contribution in [0.5, 0.6) is 17.2 Å². The molecule has 4 heteroatoms. The van der Waals surface area contributed by atoms with Crippen LogP contribution in [0.25, 0.3) is 0 Å². The molecule has 0 aliphatic carbocycles. The van der Waals surface area contributed by atoms with Crippen molar-refractivity contribution in [3.63, 3.8) is 0 Å². The molecule has 0 amide bonds. The van der Waals surface area contributed by atoms with Crippen LogP contribution in [0, 0.1) is 0 Å². The minimum Gasteiger partial charge on any atom is -0.408 e. The molecule has 0 N–H and O–H groups in total. The van der Waals surface area contributed by atoms with Crippen molar-refractivity contribution in [3.05, 3.63) is 88.0 Å². The van der Waals surface area contributed by atoms with E-state index in [1.165, 1.54) is 457 Å². The summed E-state index contributed by atoms with van der Waals surface area (Å²) < 4.78 is 22.9. The maximum absolute atomic E-state index is 7.63. The molecule has 578 valence electrons. The molecule has 3 aromatic rings. The van der Waals surface area contributed by atoms with E-state index in [1.54, 1.807) is 0 Å². The highest BCUT2D eigenvalue weighted by molar-refractivity contribution is 7.43. The lowest BCUT2D eigenvalue weighted by Crippen LogP contribution is -2.09. The van der Waals surface area contributed by atoms with Crippen LogP contribution in [0.4, 0.5) is 0 Å². The highest BCUT2D eigenvalue weighted by Crippen LogP contribution is 2.47. The van der Waals surface area contributed by atoms with E-state index in [1.807, 2.05) is 0 Å². The van der Waals surface area contributed by atoms with Crippen LogP contribution < -0.4 is 13.6 Å². The lowest BCUT2D eigenvalue weighted by Gasteiger charge is -2.24. The number of rotatable bonds is 78. The van der Waals surface area contributed by atoms with E-state index in [0.717, 1.165) is 55.8 Å². The Morgan fingerprint density at radius 1 is 0.170 bits per heavy atom. The lowest BCUT2D eigenvalue weighted by molar-refractivity contribution is 0.381. The molecule has 0 saturated carbocycles. The van der Waals surface area contributed by atoms with Gasteiger partial charge in [-0.2, -0.15) is 0 Å². The van der Waals surface area contributed by atoms with Crippen LogP contribution in [0.2, 0.25) is 0 Å². The average Bonchev–Trinajstić information content (AvgIpc) is 0.817. The SMILES string of the molecule is CCCCCCCCCCCCCc1cccc(OP(Oc2cccc(CCCCCCCCCCCCC)c2CCCCCCCCCCCCC)Oc2cccc(CCCCCCCCCCCCC)c2CCCCCCCCCCCCC)c1CCCCCCCCCCCCC. The molecule has 0 fully saturated rings. The predicted molar refractivity (Wildman–Crippen MR) is 449 cm³/mol. The highest BCUT2D eigenvalue weighted by Gasteiger charge is 2.27. The monoisotopic (exact) mass is 1400 g/mol. The van der Waals surface area contributed by atoms with Gasteiger partial charge in [-0.1, -0.05) is 463 Å². The van der Waals surface area contributed by atoms with Gasteiger partial charge < -0.3 is 13.6 Å². The summed E-state index contributed by atoms with van der Waals surface area (Å²) in [6.45, 7) is 14.0. The van der Waals surface area contributed by atoms with Gasteiger partial charge in [-0.25, -0.2) is 0 Å². The van der Waals surface area contributed by atoms with Crippen molar-refractivity contribution < 1.29 is 13.6 Å². The molecule has 0 unspecified atom stereocenters. The third-order valence-corrected chi connectivity index (χ3v) is 23.5. The van der Waals surface area contributed by atoms with Crippen molar-refractivity contribution in [2.75, 3.05) is 0 Å². The van der Waals surface area contributed by atoms with Gasteiger partial charge in [0.15, 0.2) is 0 Å². The molecule has 0 bridgehead atoms. The fourth-order valence-electron chi connectivity index (χ4n) is 15.8. The highest BCUT2D eigenvalue weighted by atomic mass is 31.2. The molecule has 3 aromatic carbocycles. The van der Waals surface area contributed by atoms with Crippen molar-refractivity contribution in [3.8, 4) is 17.2 Å². The molecule has 3 nitrogen and oxygen atoms in total. The molecule has 0 aromatic heterocycles. The zero-order chi connectivity index (χ0) is 71.2. The molecular formula is C96H171O3P. The summed E-state index contributed by atoms with van der Waals surface area (Å²) >= 11 is 0. The molecular weight excluding hydrogens is 1230 g/mol. The standard InChI is InChI=1S/C96H171O3P/c1-7-13-19-25-31-37-43-49-55-61-67-76-88-79-73-85-94(91(88)82-70-64-58-52-46-40-34-28-22-16-10-4)97-100(98-95-86-74-80-89(77-68-62-56-50-44-38-32-26-20-14-8-2)92(95)83-71-65-59-53-47-41-35-29-23-17-11-5)99-96-87-75-81-90(78-69-63-57-51-45-39-33-27-21-15-9-3)93(96)84-72-66-60-54-48-42-36-30-24-18-12-6/h73-75,79-81,85-87H,7-72,76-78,82-84H2,1-6H3. The Morgan fingerprint density at radius 2 is 0.310 bits per heavy atom. The normalized spacial score (nSPS) is 11.7. The molecule has 3 rings (SSSR count). The minimum absolute atomic E-state index is 1.01. The maximum Gasteiger partial charge on any atom is 0.530 e. The van der Waals surface area contributed by atoms with Gasteiger partial charge >= 0.3 is 8.60 Å². The second kappa shape index (κ2) is 70.8. The first-order chi connectivity index (χ1) is 49.6. The van der Waals surface area contributed by atoms with Crippen LogP contribution >= 0.6 is 8.60 Å². The van der Waals surface area contributed by atoms with Crippen LogP contribution in [-0.2, 0) is 38.5 Å². The van der Waals surface area contributed by atoms with Crippen LogP contribution in [0.15, 0.2) is 54.6 Å². The van der Waals surface area contributed by atoms with Gasteiger partial charge in [0, 0.05) is 0 Å². The van der Waals surface area contributed by atoms with E-state index >= 15 is 0 Å². The van der Waals surface area contributed by atoms with Crippen molar-refractivity contribution in [2.45, 2.75) is 504 Å². The largest absolute Gasteiger partial charge is 0.530 e. The summed E-state index contributed by atoms with van der Waals surface area (Å²) in [6.07, 6.45) is 96.7. The second-order valence-electron chi connectivity index (χ2n) is 31.9. The first-order valence-electron chi connectivity index (χ1n) is 45.8. The number of hydrogen-bond acceptors (Lipinski definition) is 3. The number of benzene rings is 3. The van der Waals surface area contributed by atoms with Crippen molar-refractivity contribution in [1.29, 1.82) is 0 Å². The third-order valence-electron chi connectivity index (χ3n) is 22.4. The van der Waals surface area contributed by atoms with Gasteiger partial charge in [-0.3, -0.25) is 0 Å². The third kappa shape index (κ3) is 50.8. The van der Waals surface area contributed by atoms with Crippen molar-refractivity contribution in [1.82, 2.24) is 0 Å². The predicted octanol–water partition coefficient (Wildman–Crippen LogP) is 34.6. The van der Waals surface area contributed by atoms with Crippen molar-refractivity contribution in [2.24, 2.45) is 0 Å². The summed E-state index contributed by atoms with van der Waals surface area (Å²) in [7, 11) is -1.87. The molecule has 0 aliphatic heterocycles. The molecule has 0 saturated heterocycles. The lowest BCUT2D eigenvalue weighted by atomic mass is 9.95. The fourth-order valence-corrected chi connectivity index (χ4v) is 16.9. The first-order valence-corrected chi connectivity index (χ1v) is 46.9. The molecule has 0 radical (unpaired) electrons. The van der Waals surface area contributed by atoms with E-state index in [0.29, 0.717) is 0 Å². The number of unbranched alkanes of at least 4 members (excludes halogenated alkanes) is 60. The number of aryl methyl sites for hydroxylation is 3. The fraction of sp³-hybridized carbons (Fsp3) is 0.812.